The van der Waals surface area contributed by atoms with Crippen molar-refractivity contribution in [2.24, 2.45) is 5.92 Å². The predicted molar refractivity (Wildman–Crippen MR) is 59.8 cm³/mol. The molecular weight excluding hydrogens is 192 g/mol. The highest BCUT2D eigenvalue weighted by Gasteiger charge is 2.47. The molecule has 3 heteroatoms. The van der Waals surface area contributed by atoms with Crippen molar-refractivity contribution in [1.82, 2.24) is 0 Å². The van der Waals surface area contributed by atoms with E-state index in [9.17, 15) is 5.11 Å². The Bertz CT molecular complexity index is 217. The molecule has 0 radical (unpaired) electrons. The number of aliphatic hydroxyl groups is 1. The minimum Gasteiger partial charge on any atom is -0.387 e. The molecule has 0 aromatic carbocycles. The van der Waals surface area contributed by atoms with E-state index in [0.29, 0.717) is 6.61 Å². The van der Waals surface area contributed by atoms with E-state index in [1.165, 1.54) is 0 Å². The molecule has 3 nitrogen and oxygen atoms in total. The van der Waals surface area contributed by atoms with Gasteiger partial charge in [-0.2, -0.15) is 0 Å². The van der Waals surface area contributed by atoms with E-state index < -0.39 is 5.60 Å². The van der Waals surface area contributed by atoms with Crippen molar-refractivity contribution >= 4 is 0 Å². The molecule has 1 saturated heterocycles. The van der Waals surface area contributed by atoms with Crippen molar-refractivity contribution in [2.75, 3.05) is 6.61 Å². The maximum absolute atomic E-state index is 10.2. The molecule has 90 valence electrons. The first kappa shape index (κ1) is 12.9. The van der Waals surface area contributed by atoms with Crippen molar-refractivity contribution in [2.45, 2.75) is 65.0 Å². The van der Waals surface area contributed by atoms with Crippen molar-refractivity contribution in [3.63, 3.8) is 0 Å². The number of hydrogen-bond acceptors (Lipinski definition) is 3. The Kier molecular flexibility index (Phi) is 3.49. The zero-order valence-corrected chi connectivity index (χ0v) is 10.7. The van der Waals surface area contributed by atoms with Crippen LogP contribution in [0.1, 0.15) is 41.5 Å². The van der Waals surface area contributed by atoms with Crippen LogP contribution in [0.3, 0.4) is 0 Å². The number of hydrogen-bond donors (Lipinski definition) is 1. The van der Waals surface area contributed by atoms with Crippen molar-refractivity contribution in [1.29, 1.82) is 0 Å². The lowest BCUT2D eigenvalue weighted by molar-refractivity contribution is -0.0767. The fraction of sp³-hybridized carbons (Fsp3) is 1.00. The van der Waals surface area contributed by atoms with Gasteiger partial charge in [0, 0.05) is 5.92 Å². The van der Waals surface area contributed by atoms with Crippen LogP contribution in [0.5, 0.6) is 0 Å². The Balaban J connectivity index is 2.53. The van der Waals surface area contributed by atoms with E-state index >= 15 is 0 Å². The first-order valence-corrected chi connectivity index (χ1v) is 5.66. The van der Waals surface area contributed by atoms with Gasteiger partial charge in [0.1, 0.15) is 0 Å². The molecule has 1 aliphatic heterocycles. The third-order valence-corrected chi connectivity index (χ3v) is 3.36. The lowest BCUT2D eigenvalue weighted by Crippen LogP contribution is -2.39. The quantitative estimate of drug-likeness (QED) is 0.767. The topological polar surface area (TPSA) is 38.7 Å². The third-order valence-electron chi connectivity index (χ3n) is 3.36. The molecule has 1 fully saturated rings. The minimum absolute atomic E-state index is 0.00535. The molecule has 0 saturated carbocycles. The third kappa shape index (κ3) is 2.92. The Morgan fingerprint density at radius 3 is 2.20 bits per heavy atom. The molecule has 15 heavy (non-hydrogen) atoms. The van der Waals surface area contributed by atoms with Crippen LogP contribution in [0.4, 0.5) is 0 Å². The van der Waals surface area contributed by atoms with Gasteiger partial charge in [-0.1, -0.05) is 6.92 Å². The molecule has 0 aromatic heterocycles. The summed E-state index contributed by atoms with van der Waals surface area (Å²) in [7, 11) is 0. The Morgan fingerprint density at radius 1 is 1.33 bits per heavy atom. The smallest absolute Gasteiger partial charge is 0.0928 e. The fourth-order valence-electron chi connectivity index (χ4n) is 1.78. The summed E-state index contributed by atoms with van der Waals surface area (Å²) in [5, 5.41) is 10.2. The van der Waals surface area contributed by atoms with E-state index in [2.05, 4.69) is 0 Å². The van der Waals surface area contributed by atoms with Crippen LogP contribution in [0.2, 0.25) is 0 Å². The number of ether oxygens (including phenoxy) is 2. The largest absolute Gasteiger partial charge is 0.387 e. The van der Waals surface area contributed by atoms with Crippen LogP contribution in [0.25, 0.3) is 0 Å². The van der Waals surface area contributed by atoms with Gasteiger partial charge >= 0.3 is 0 Å². The van der Waals surface area contributed by atoms with Crippen LogP contribution in [0, 0.1) is 5.92 Å². The van der Waals surface area contributed by atoms with E-state index in [1.807, 2.05) is 41.5 Å². The van der Waals surface area contributed by atoms with Crippen LogP contribution < -0.4 is 0 Å². The molecule has 0 bridgehead atoms. The average molecular weight is 216 g/mol. The maximum atomic E-state index is 10.2. The highest BCUT2D eigenvalue weighted by atomic mass is 16.6. The van der Waals surface area contributed by atoms with Crippen molar-refractivity contribution in [3.8, 4) is 0 Å². The molecule has 0 aliphatic carbocycles. The van der Waals surface area contributed by atoms with E-state index in [1.54, 1.807) is 0 Å². The van der Waals surface area contributed by atoms with Gasteiger partial charge in [-0.25, -0.2) is 0 Å². The zero-order valence-electron chi connectivity index (χ0n) is 10.7. The van der Waals surface area contributed by atoms with Gasteiger partial charge in [-0.05, 0) is 34.6 Å². The van der Waals surface area contributed by atoms with Crippen LogP contribution >= 0.6 is 0 Å². The number of rotatable bonds is 2. The monoisotopic (exact) mass is 216 g/mol. The van der Waals surface area contributed by atoms with E-state index in [0.717, 1.165) is 0 Å². The van der Waals surface area contributed by atoms with Gasteiger partial charge in [0.15, 0.2) is 0 Å². The lowest BCUT2D eigenvalue weighted by atomic mass is 9.86. The van der Waals surface area contributed by atoms with Crippen LogP contribution in [-0.2, 0) is 9.47 Å². The molecule has 0 amide bonds. The van der Waals surface area contributed by atoms with Crippen molar-refractivity contribution in [3.05, 3.63) is 0 Å². The molecule has 4 unspecified atom stereocenters. The van der Waals surface area contributed by atoms with E-state index in [-0.39, 0.29) is 23.7 Å². The second kappa shape index (κ2) is 4.04. The summed E-state index contributed by atoms with van der Waals surface area (Å²) < 4.78 is 11.4. The summed E-state index contributed by atoms with van der Waals surface area (Å²) in [4.78, 5) is 0. The molecule has 1 rings (SSSR count). The summed E-state index contributed by atoms with van der Waals surface area (Å²) in [6.07, 6.45) is -0.129. The van der Waals surface area contributed by atoms with Gasteiger partial charge in [0.25, 0.3) is 0 Å². The van der Waals surface area contributed by atoms with Gasteiger partial charge in [0.05, 0.1) is 30.0 Å². The first-order chi connectivity index (χ1) is 6.64. The van der Waals surface area contributed by atoms with Crippen LogP contribution in [0.15, 0.2) is 0 Å². The molecule has 0 aromatic rings. The Morgan fingerprint density at radius 2 is 1.87 bits per heavy atom. The second-order valence-electron chi connectivity index (χ2n) is 5.75. The molecule has 1 aliphatic rings. The summed E-state index contributed by atoms with van der Waals surface area (Å²) >= 11 is 0. The molecule has 1 N–H and O–H groups in total. The molecule has 0 spiro atoms. The van der Waals surface area contributed by atoms with Gasteiger partial charge in [0.2, 0.25) is 0 Å². The van der Waals surface area contributed by atoms with Crippen molar-refractivity contribution < 1.29 is 14.6 Å². The zero-order chi connectivity index (χ0) is 11.9. The summed E-state index contributed by atoms with van der Waals surface area (Å²) in [6, 6.07) is 0. The molecule has 4 atom stereocenters. The standard InChI is InChI=1S/C12H24O3/c1-8-10(7-14-11(3,4)5)15-9(2)12(8,6)13/h8-10,13H,7H2,1-6H3. The van der Waals surface area contributed by atoms with Gasteiger partial charge in [-0.3, -0.25) is 0 Å². The summed E-state index contributed by atoms with van der Waals surface area (Å²) in [6.45, 7) is 12.4. The fourth-order valence-corrected chi connectivity index (χ4v) is 1.78. The molecule has 1 heterocycles. The normalized spacial score (nSPS) is 42.2. The summed E-state index contributed by atoms with van der Waals surface area (Å²) in [5.41, 5.74) is -0.896. The second-order valence-corrected chi connectivity index (χ2v) is 5.75. The highest BCUT2D eigenvalue weighted by Crippen LogP contribution is 2.36. The predicted octanol–water partition coefficient (Wildman–Crippen LogP) is 1.98. The Labute approximate surface area is 92.8 Å². The maximum Gasteiger partial charge on any atom is 0.0928 e. The first-order valence-electron chi connectivity index (χ1n) is 5.66. The molecular formula is C12H24O3. The van der Waals surface area contributed by atoms with Crippen LogP contribution in [-0.4, -0.2) is 35.1 Å². The highest BCUT2D eigenvalue weighted by molar-refractivity contribution is 4.96. The SMILES string of the molecule is CC1OC(COC(C)(C)C)C(C)C1(C)O. The summed E-state index contributed by atoms with van der Waals surface area (Å²) in [5.74, 6) is 0.106. The Hall–Kier alpha value is -0.120. The van der Waals surface area contributed by atoms with Gasteiger partial charge in [-0.15, -0.1) is 0 Å². The average Bonchev–Trinajstić information content (AvgIpc) is 2.25. The van der Waals surface area contributed by atoms with E-state index in [4.69, 9.17) is 9.47 Å². The lowest BCUT2D eigenvalue weighted by Gasteiger charge is -2.27. The van der Waals surface area contributed by atoms with Gasteiger partial charge < -0.3 is 14.6 Å². The minimum atomic E-state index is -0.744.